The average molecular weight is 148 g/mol. The topological polar surface area (TPSA) is 17.1 Å². The van der Waals surface area contributed by atoms with E-state index in [1.54, 1.807) is 0 Å². The second kappa shape index (κ2) is 3.08. The number of hydrogen-bond acceptors (Lipinski definition) is 1. The highest BCUT2D eigenvalue weighted by molar-refractivity contribution is 5.54. The molecule has 0 saturated heterocycles. The summed E-state index contributed by atoms with van der Waals surface area (Å²) in [5.41, 5.74) is 0. The third-order valence-electron chi connectivity index (χ3n) is 2.12. The van der Waals surface area contributed by atoms with Crippen molar-refractivity contribution >= 4 is 6.29 Å². The van der Waals surface area contributed by atoms with E-state index in [9.17, 15) is 13.6 Å². The molecule has 1 aliphatic carbocycles. The molecule has 1 fully saturated rings. The van der Waals surface area contributed by atoms with E-state index < -0.39 is 12.3 Å². The van der Waals surface area contributed by atoms with E-state index in [0.29, 0.717) is 19.1 Å². The lowest BCUT2D eigenvalue weighted by atomic mass is 9.98. The lowest BCUT2D eigenvalue weighted by Gasteiger charge is -2.11. The van der Waals surface area contributed by atoms with E-state index in [0.717, 1.165) is 6.42 Å². The maximum atomic E-state index is 12.0. The zero-order chi connectivity index (χ0) is 7.56. The van der Waals surface area contributed by atoms with Gasteiger partial charge in [-0.3, -0.25) is 0 Å². The summed E-state index contributed by atoms with van der Waals surface area (Å²) in [6.07, 6.45) is 0.305. The minimum Gasteiger partial charge on any atom is -0.303 e. The zero-order valence-corrected chi connectivity index (χ0v) is 5.59. The second-order valence-electron chi connectivity index (χ2n) is 2.73. The molecule has 2 atom stereocenters. The lowest BCUT2D eigenvalue weighted by molar-refractivity contribution is -0.113. The van der Waals surface area contributed by atoms with Crippen molar-refractivity contribution in [1.29, 1.82) is 0 Å². The van der Waals surface area contributed by atoms with Crippen LogP contribution in [-0.4, -0.2) is 12.7 Å². The van der Waals surface area contributed by atoms with Crippen molar-refractivity contribution in [3.63, 3.8) is 0 Å². The largest absolute Gasteiger partial charge is 0.303 e. The molecule has 0 bridgehead atoms. The van der Waals surface area contributed by atoms with Crippen LogP contribution < -0.4 is 0 Å². The second-order valence-corrected chi connectivity index (χ2v) is 2.73. The van der Waals surface area contributed by atoms with E-state index in [-0.39, 0.29) is 5.92 Å². The smallest absolute Gasteiger partial charge is 0.242 e. The first-order chi connectivity index (χ1) is 4.75. The van der Waals surface area contributed by atoms with Gasteiger partial charge in [-0.1, -0.05) is 6.42 Å². The number of halogens is 2. The summed E-state index contributed by atoms with van der Waals surface area (Å²) >= 11 is 0. The Labute approximate surface area is 58.4 Å². The number of hydrogen-bond donors (Lipinski definition) is 0. The first-order valence-electron chi connectivity index (χ1n) is 3.49. The summed E-state index contributed by atoms with van der Waals surface area (Å²) in [6, 6.07) is 0. The minimum absolute atomic E-state index is 0.375. The molecule has 1 saturated carbocycles. The number of rotatable bonds is 2. The fraction of sp³-hybridized carbons (Fsp3) is 0.857. The molecular formula is C7H10F2O. The maximum absolute atomic E-state index is 12.0. The van der Waals surface area contributed by atoms with Gasteiger partial charge in [-0.15, -0.1) is 0 Å². The Kier molecular flexibility index (Phi) is 2.35. The number of carbonyl (C=O) groups excluding carboxylic acids is 1. The van der Waals surface area contributed by atoms with Crippen LogP contribution in [0, 0.1) is 11.8 Å². The number of carbonyl (C=O) groups is 1. The highest BCUT2D eigenvalue weighted by Gasteiger charge is 2.33. The molecule has 0 N–H and O–H groups in total. The molecule has 10 heavy (non-hydrogen) atoms. The molecule has 58 valence electrons. The first-order valence-corrected chi connectivity index (χ1v) is 3.49. The van der Waals surface area contributed by atoms with Crippen LogP contribution in [0.25, 0.3) is 0 Å². The van der Waals surface area contributed by atoms with Gasteiger partial charge in [0, 0.05) is 11.8 Å². The third-order valence-corrected chi connectivity index (χ3v) is 2.12. The van der Waals surface area contributed by atoms with Crippen LogP contribution in [0.5, 0.6) is 0 Å². The summed E-state index contributed by atoms with van der Waals surface area (Å²) in [6.45, 7) is 0. The Balaban J connectivity index is 2.49. The fourth-order valence-electron chi connectivity index (χ4n) is 1.50. The molecule has 0 aromatic rings. The highest BCUT2D eigenvalue weighted by atomic mass is 19.3. The Hall–Kier alpha value is -0.470. The molecular weight excluding hydrogens is 138 g/mol. The SMILES string of the molecule is O=CC1CCCC1C(F)F. The van der Waals surface area contributed by atoms with E-state index in [4.69, 9.17) is 0 Å². The molecule has 0 aromatic carbocycles. The van der Waals surface area contributed by atoms with E-state index in [1.807, 2.05) is 0 Å². The van der Waals surface area contributed by atoms with Crippen molar-refractivity contribution in [3.05, 3.63) is 0 Å². The lowest BCUT2D eigenvalue weighted by Crippen LogP contribution is -2.17. The van der Waals surface area contributed by atoms with Gasteiger partial charge in [0.25, 0.3) is 0 Å². The van der Waals surface area contributed by atoms with Crippen LogP contribution in [-0.2, 0) is 4.79 Å². The quantitative estimate of drug-likeness (QED) is 0.546. The minimum atomic E-state index is -2.31. The molecule has 3 heteroatoms. The highest BCUT2D eigenvalue weighted by Crippen LogP contribution is 2.34. The summed E-state index contributed by atoms with van der Waals surface area (Å²) < 4.78 is 24.0. The van der Waals surface area contributed by atoms with Crippen molar-refractivity contribution < 1.29 is 13.6 Å². The van der Waals surface area contributed by atoms with Crippen LogP contribution in [0.15, 0.2) is 0 Å². The van der Waals surface area contributed by atoms with Crippen molar-refractivity contribution in [2.24, 2.45) is 11.8 Å². The average Bonchev–Trinajstić information content (AvgIpc) is 2.33. The zero-order valence-electron chi connectivity index (χ0n) is 5.59. The van der Waals surface area contributed by atoms with Gasteiger partial charge in [-0.05, 0) is 12.8 Å². The molecule has 0 aromatic heterocycles. The standard InChI is InChI=1S/C7H10F2O/c8-7(9)6-3-1-2-5(6)4-10/h4-7H,1-3H2. The summed E-state index contributed by atoms with van der Waals surface area (Å²) in [4.78, 5) is 10.2. The monoisotopic (exact) mass is 148 g/mol. The number of aldehydes is 1. The van der Waals surface area contributed by atoms with Gasteiger partial charge in [0.15, 0.2) is 0 Å². The summed E-state index contributed by atoms with van der Waals surface area (Å²) in [5, 5.41) is 0. The van der Waals surface area contributed by atoms with Crippen molar-refractivity contribution in [2.45, 2.75) is 25.7 Å². The molecule has 1 aliphatic rings. The predicted molar refractivity (Wildman–Crippen MR) is 32.9 cm³/mol. The van der Waals surface area contributed by atoms with Crippen LogP contribution >= 0.6 is 0 Å². The Morgan fingerprint density at radius 1 is 1.40 bits per heavy atom. The Morgan fingerprint density at radius 3 is 2.50 bits per heavy atom. The predicted octanol–water partition coefficient (Wildman–Crippen LogP) is 1.87. The van der Waals surface area contributed by atoms with Gasteiger partial charge >= 0.3 is 0 Å². The van der Waals surface area contributed by atoms with Crippen LogP contribution in [0.1, 0.15) is 19.3 Å². The van der Waals surface area contributed by atoms with Gasteiger partial charge in [0.1, 0.15) is 6.29 Å². The van der Waals surface area contributed by atoms with E-state index >= 15 is 0 Å². The molecule has 0 amide bonds. The van der Waals surface area contributed by atoms with Crippen molar-refractivity contribution in [1.82, 2.24) is 0 Å². The third kappa shape index (κ3) is 1.33. The molecule has 1 nitrogen and oxygen atoms in total. The van der Waals surface area contributed by atoms with Gasteiger partial charge in [0.05, 0.1) is 0 Å². The van der Waals surface area contributed by atoms with Gasteiger partial charge < -0.3 is 4.79 Å². The van der Waals surface area contributed by atoms with E-state index in [1.165, 1.54) is 0 Å². The summed E-state index contributed by atoms with van der Waals surface area (Å²) in [7, 11) is 0. The van der Waals surface area contributed by atoms with Gasteiger partial charge in [0.2, 0.25) is 6.43 Å². The molecule has 0 radical (unpaired) electrons. The van der Waals surface area contributed by atoms with Crippen molar-refractivity contribution in [2.75, 3.05) is 0 Å². The molecule has 0 aliphatic heterocycles. The van der Waals surface area contributed by atoms with Crippen LogP contribution in [0.4, 0.5) is 8.78 Å². The molecule has 0 heterocycles. The van der Waals surface area contributed by atoms with Gasteiger partial charge in [-0.25, -0.2) is 8.78 Å². The fourth-order valence-corrected chi connectivity index (χ4v) is 1.50. The Morgan fingerprint density at radius 2 is 2.10 bits per heavy atom. The van der Waals surface area contributed by atoms with Gasteiger partial charge in [-0.2, -0.15) is 0 Å². The maximum Gasteiger partial charge on any atom is 0.242 e. The van der Waals surface area contributed by atoms with Crippen LogP contribution in [0.3, 0.4) is 0 Å². The molecule has 2 unspecified atom stereocenters. The number of alkyl halides is 2. The first kappa shape index (κ1) is 7.63. The van der Waals surface area contributed by atoms with Crippen LogP contribution in [0.2, 0.25) is 0 Å². The summed E-state index contributed by atoms with van der Waals surface area (Å²) in [5.74, 6) is -1.03. The van der Waals surface area contributed by atoms with Crippen molar-refractivity contribution in [3.8, 4) is 0 Å². The Bertz CT molecular complexity index is 125. The van der Waals surface area contributed by atoms with E-state index in [2.05, 4.69) is 0 Å². The normalized spacial score (nSPS) is 33.1. The molecule has 1 rings (SSSR count). The molecule has 0 spiro atoms.